The lowest BCUT2D eigenvalue weighted by molar-refractivity contribution is -0.137. The number of carbonyl (C=O) groups excluding carboxylic acids is 2. The van der Waals surface area contributed by atoms with Gasteiger partial charge >= 0.3 is 5.97 Å². The number of hydrogen-bond acceptors (Lipinski definition) is 6. The minimum atomic E-state index is -0.396. The first-order valence-electron chi connectivity index (χ1n) is 13.2. The second-order valence-electron chi connectivity index (χ2n) is 9.82. The third-order valence-electron chi connectivity index (χ3n) is 6.62. The van der Waals surface area contributed by atoms with Crippen LogP contribution in [0.4, 0.5) is 0 Å². The fourth-order valence-electron chi connectivity index (χ4n) is 4.77. The number of nitrogens with zero attached hydrogens (tertiary/aromatic N) is 2. The summed E-state index contributed by atoms with van der Waals surface area (Å²) in [5, 5.41) is 14.6. The minimum absolute atomic E-state index is 0.0646. The molecule has 7 nitrogen and oxygen atoms in total. The van der Waals surface area contributed by atoms with Gasteiger partial charge in [0.25, 0.3) is 5.91 Å². The number of oxime groups is 1. The number of fused-ring (bicyclic) bond motifs is 1. The zero-order chi connectivity index (χ0) is 25.9. The van der Waals surface area contributed by atoms with E-state index >= 15 is 0 Å². The smallest absolute Gasteiger partial charge is 0.338 e. The van der Waals surface area contributed by atoms with E-state index in [1.807, 2.05) is 17.9 Å². The molecule has 2 aliphatic heterocycles. The first kappa shape index (κ1) is 27.5. The summed E-state index contributed by atoms with van der Waals surface area (Å²) >= 11 is 0. The lowest BCUT2D eigenvalue weighted by Crippen LogP contribution is -2.37. The van der Waals surface area contributed by atoms with Crippen LogP contribution in [0.1, 0.15) is 86.7 Å². The second-order valence-corrected chi connectivity index (χ2v) is 9.82. The van der Waals surface area contributed by atoms with Crippen LogP contribution in [0.5, 0.6) is 5.75 Å². The van der Waals surface area contributed by atoms with Crippen LogP contribution in [0.15, 0.2) is 41.1 Å². The molecule has 2 aliphatic rings. The van der Waals surface area contributed by atoms with E-state index in [0.29, 0.717) is 28.8 Å². The Morgan fingerprint density at radius 1 is 1.19 bits per heavy atom. The van der Waals surface area contributed by atoms with Crippen LogP contribution in [-0.2, 0) is 20.8 Å². The van der Waals surface area contributed by atoms with Crippen molar-refractivity contribution in [3.05, 3.63) is 52.6 Å². The Bertz CT molecular complexity index is 1010. The van der Waals surface area contributed by atoms with E-state index in [1.165, 1.54) is 0 Å². The molecule has 0 aromatic heterocycles. The maximum atomic E-state index is 13.3. The van der Waals surface area contributed by atoms with Gasteiger partial charge in [-0.1, -0.05) is 36.2 Å². The van der Waals surface area contributed by atoms with Gasteiger partial charge in [0.05, 0.1) is 11.3 Å². The van der Waals surface area contributed by atoms with Crippen molar-refractivity contribution in [3.8, 4) is 5.75 Å². The van der Waals surface area contributed by atoms with Gasteiger partial charge in [-0.2, -0.15) is 0 Å². The topological polar surface area (TPSA) is 88.4 Å². The lowest BCUT2D eigenvalue weighted by atomic mass is 9.95. The molecule has 0 bridgehead atoms. The zero-order valence-electron chi connectivity index (χ0n) is 21.9. The number of rotatable bonds is 5. The fraction of sp³-hybridized carbons (Fsp3) is 0.552. The number of phenols is 1. The largest absolute Gasteiger partial charge is 0.508 e. The molecule has 1 unspecified atom stereocenters. The van der Waals surface area contributed by atoms with Gasteiger partial charge in [0, 0.05) is 25.9 Å². The zero-order valence-corrected chi connectivity index (χ0v) is 21.9. The molecular weight excluding hydrogens is 456 g/mol. The van der Waals surface area contributed by atoms with E-state index in [2.05, 4.69) is 24.2 Å². The molecule has 1 aromatic carbocycles. The monoisotopic (exact) mass is 496 g/mol. The molecule has 36 heavy (non-hydrogen) atoms. The van der Waals surface area contributed by atoms with E-state index in [1.54, 1.807) is 19.1 Å². The number of allylic oxidation sites excluding steroid dienone is 3. The Hall–Kier alpha value is -3.09. The summed E-state index contributed by atoms with van der Waals surface area (Å²) < 4.78 is 5.91. The molecule has 0 spiro atoms. The van der Waals surface area contributed by atoms with Crippen molar-refractivity contribution >= 4 is 17.6 Å². The third kappa shape index (κ3) is 8.25. The maximum absolute atomic E-state index is 13.3. The highest BCUT2D eigenvalue weighted by molar-refractivity contribution is 6.00. The predicted molar refractivity (Wildman–Crippen MR) is 141 cm³/mol. The van der Waals surface area contributed by atoms with Crippen LogP contribution >= 0.6 is 0 Å². The number of amides is 1. The number of esters is 1. The van der Waals surface area contributed by atoms with Crippen LogP contribution in [0, 0.1) is 6.92 Å². The number of aromatic hydroxyl groups is 1. The molecule has 0 aliphatic carbocycles. The number of cyclic esters (lactones) is 1. The predicted octanol–water partition coefficient (Wildman–Crippen LogP) is 5.64. The van der Waals surface area contributed by atoms with Crippen LogP contribution in [0.3, 0.4) is 0 Å². The average molecular weight is 497 g/mol. The van der Waals surface area contributed by atoms with Gasteiger partial charge in [0.2, 0.25) is 0 Å². The Balaban J connectivity index is 1.89. The van der Waals surface area contributed by atoms with Gasteiger partial charge < -0.3 is 19.6 Å². The van der Waals surface area contributed by atoms with E-state index in [4.69, 9.17) is 9.57 Å². The van der Waals surface area contributed by atoms with Gasteiger partial charge in [-0.15, -0.1) is 0 Å². The number of benzene rings is 1. The first-order chi connectivity index (χ1) is 17.4. The quantitative estimate of drug-likeness (QED) is 0.324. The molecule has 196 valence electrons. The van der Waals surface area contributed by atoms with Crippen LogP contribution < -0.4 is 0 Å². The second kappa shape index (κ2) is 13.9. The van der Waals surface area contributed by atoms with Gasteiger partial charge in [0.15, 0.2) is 6.61 Å². The SMILES string of the molecule is CCCC1C/C=C/CC/C(C)=C/C(=N/OCC(=O)N2CCCCC2)Cc2cc(O)cc(C)c2C(=O)O1. The number of piperidine rings is 1. The van der Waals surface area contributed by atoms with E-state index in [0.717, 1.165) is 63.6 Å². The van der Waals surface area contributed by atoms with Gasteiger partial charge in [-0.3, -0.25) is 4.79 Å². The van der Waals surface area contributed by atoms with Crippen molar-refractivity contribution < 1.29 is 24.3 Å². The Morgan fingerprint density at radius 3 is 2.72 bits per heavy atom. The van der Waals surface area contributed by atoms with Crippen molar-refractivity contribution in [2.45, 2.75) is 84.7 Å². The van der Waals surface area contributed by atoms with Crippen molar-refractivity contribution in [1.82, 2.24) is 4.90 Å². The number of phenolic OH excluding ortho intramolecular Hbond substituents is 1. The number of carbonyl (C=O) groups is 2. The van der Waals surface area contributed by atoms with Crippen molar-refractivity contribution in [2.24, 2.45) is 5.16 Å². The summed E-state index contributed by atoms with van der Waals surface area (Å²) in [7, 11) is 0. The standard InChI is InChI=1S/C29H40N2O5/c1-4-11-26-13-8-5-7-12-21(2)16-24(30-35-20-27(33)31-14-9-6-10-15-31)18-23-19-25(32)17-22(3)28(23)29(34)36-26/h5,8,16-17,19,26,32H,4,6-7,9-15,18,20H2,1-3H3/b8-5+,21-16+,30-24-. The lowest BCUT2D eigenvalue weighted by Gasteiger charge is -2.26. The van der Waals surface area contributed by atoms with Gasteiger partial charge in [-0.05, 0) is 81.7 Å². The first-order valence-corrected chi connectivity index (χ1v) is 13.2. The van der Waals surface area contributed by atoms with Crippen LogP contribution in [0.2, 0.25) is 0 Å². The molecule has 1 fully saturated rings. The average Bonchev–Trinajstić information content (AvgIpc) is 2.83. The number of aryl methyl sites for hydroxylation is 1. The number of likely N-dealkylation sites (tertiary alicyclic amines) is 1. The molecular formula is C29H40N2O5. The molecule has 3 rings (SSSR count). The summed E-state index contributed by atoms with van der Waals surface area (Å²) in [6.45, 7) is 7.32. The molecule has 1 atom stereocenters. The molecule has 1 saturated heterocycles. The Labute approximate surface area is 214 Å². The van der Waals surface area contributed by atoms with Crippen molar-refractivity contribution in [1.29, 1.82) is 0 Å². The Morgan fingerprint density at radius 2 is 1.97 bits per heavy atom. The normalized spacial score (nSPS) is 23.1. The summed E-state index contributed by atoms with van der Waals surface area (Å²) in [5.41, 5.74) is 3.41. The highest BCUT2D eigenvalue weighted by Crippen LogP contribution is 2.25. The molecule has 0 radical (unpaired) electrons. The number of ether oxygens (including phenoxy) is 1. The molecule has 1 aromatic rings. The van der Waals surface area contributed by atoms with Crippen molar-refractivity contribution in [3.63, 3.8) is 0 Å². The van der Waals surface area contributed by atoms with E-state index in [9.17, 15) is 14.7 Å². The summed E-state index contributed by atoms with van der Waals surface area (Å²) in [4.78, 5) is 33.1. The fourth-order valence-corrected chi connectivity index (χ4v) is 4.77. The van der Waals surface area contributed by atoms with Crippen molar-refractivity contribution in [2.75, 3.05) is 19.7 Å². The molecule has 1 N–H and O–H groups in total. The highest BCUT2D eigenvalue weighted by Gasteiger charge is 2.22. The maximum Gasteiger partial charge on any atom is 0.338 e. The summed E-state index contributed by atoms with van der Waals surface area (Å²) in [6, 6.07) is 3.16. The highest BCUT2D eigenvalue weighted by atomic mass is 16.6. The summed E-state index contributed by atoms with van der Waals surface area (Å²) in [5.74, 6) is -0.382. The molecule has 7 heteroatoms. The van der Waals surface area contributed by atoms with Gasteiger partial charge in [-0.25, -0.2) is 4.79 Å². The van der Waals surface area contributed by atoms with Gasteiger partial charge in [0.1, 0.15) is 11.9 Å². The Kier molecular flexibility index (Phi) is 10.6. The van der Waals surface area contributed by atoms with Crippen LogP contribution in [0.25, 0.3) is 0 Å². The van der Waals surface area contributed by atoms with E-state index in [-0.39, 0.29) is 30.8 Å². The molecule has 2 heterocycles. The third-order valence-corrected chi connectivity index (χ3v) is 6.62. The van der Waals surface area contributed by atoms with Crippen LogP contribution in [-0.4, -0.2) is 53.4 Å². The number of hydrogen-bond donors (Lipinski definition) is 1. The van der Waals surface area contributed by atoms with E-state index < -0.39 is 5.97 Å². The molecule has 0 saturated carbocycles. The summed E-state index contributed by atoms with van der Waals surface area (Å²) in [6.07, 6.45) is 13.5. The minimum Gasteiger partial charge on any atom is -0.508 e. The molecule has 1 amide bonds.